The molecule has 2 N–H and O–H groups in total. The third-order valence-corrected chi connectivity index (χ3v) is 4.03. The average Bonchev–Trinajstić information content (AvgIpc) is 2.35. The first-order chi connectivity index (χ1) is 8.63. The molecule has 0 saturated carbocycles. The Morgan fingerprint density at radius 2 is 1.78 bits per heavy atom. The van der Waals surface area contributed by atoms with Crippen molar-refractivity contribution in [2.24, 2.45) is 5.73 Å². The smallest absolute Gasteiger partial charge is 0.0208 e. The summed E-state index contributed by atoms with van der Waals surface area (Å²) in [5, 5.41) is 0. The van der Waals surface area contributed by atoms with Crippen LogP contribution in [0.1, 0.15) is 5.56 Å². The van der Waals surface area contributed by atoms with Gasteiger partial charge in [-0.2, -0.15) is 0 Å². The van der Waals surface area contributed by atoms with Crippen LogP contribution in [-0.2, 0) is 6.42 Å². The lowest BCUT2D eigenvalue weighted by Gasteiger charge is -2.33. The van der Waals surface area contributed by atoms with Crippen LogP contribution in [0.3, 0.4) is 0 Å². The second kappa shape index (κ2) is 6.66. The van der Waals surface area contributed by atoms with Crippen LogP contribution in [0.5, 0.6) is 0 Å². The maximum absolute atomic E-state index is 6.24. The van der Waals surface area contributed by atoms with Gasteiger partial charge in [0, 0.05) is 43.2 Å². The minimum Gasteiger partial charge on any atom is -0.326 e. The molecular weight excluding hydrogens is 290 g/mol. The fourth-order valence-electron chi connectivity index (χ4n) is 2.35. The SMILES string of the molecule is CN1CCN(CC(N)Cc2ccc(Br)cc2)CC1. The van der Waals surface area contributed by atoms with Crippen molar-refractivity contribution in [2.45, 2.75) is 12.5 Å². The third kappa shape index (κ3) is 4.35. The normalized spacial score (nSPS) is 19.9. The fraction of sp³-hybridized carbons (Fsp3) is 0.571. The summed E-state index contributed by atoms with van der Waals surface area (Å²) in [6, 6.07) is 8.69. The molecule has 1 atom stereocenters. The predicted molar refractivity (Wildman–Crippen MR) is 79.8 cm³/mol. The van der Waals surface area contributed by atoms with E-state index < -0.39 is 0 Å². The van der Waals surface area contributed by atoms with Gasteiger partial charge in [0.05, 0.1) is 0 Å². The maximum atomic E-state index is 6.24. The van der Waals surface area contributed by atoms with E-state index >= 15 is 0 Å². The standard InChI is InChI=1S/C14H22BrN3/c1-17-6-8-18(9-7-17)11-14(16)10-12-2-4-13(15)5-3-12/h2-5,14H,6-11,16H2,1H3. The molecule has 0 aromatic heterocycles. The van der Waals surface area contributed by atoms with Gasteiger partial charge in [0.15, 0.2) is 0 Å². The molecule has 2 rings (SSSR count). The minimum absolute atomic E-state index is 0.231. The van der Waals surface area contributed by atoms with Crippen molar-refractivity contribution < 1.29 is 0 Å². The number of halogens is 1. The lowest BCUT2D eigenvalue weighted by atomic mass is 10.1. The quantitative estimate of drug-likeness (QED) is 0.916. The van der Waals surface area contributed by atoms with E-state index in [0.717, 1.165) is 43.6 Å². The van der Waals surface area contributed by atoms with Gasteiger partial charge in [-0.05, 0) is 31.2 Å². The number of hydrogen-bond donors (Lipinski definition) is 1. The van der Waals surface area contributed by atoms with E-state index in [-0.39, 0.29) is 6.04 Å². The number of nitrogens with zero attached hydrogens (tertiary/aromatic N) is 2. The van der Waals surface area contributed by atoms with Crippen molar-refractivity contribution in [3.8, 4) is 0 Å². The molecule has 0 spiro atoms. The minimum atomic E-state index is 0.231. The van der Waals surface area contributed by atoms with Gasteiger partial charge in [-0.3, -0.25) is 4.90 Å². The number of nitrogens with two attached hydrogens (primary N) is 1. The summed E-state index contributed by atoms with van der Waals surface area (Å²) in [5.41, 5.74) is 7.56. The highest BCUT2D eigenvalue weighted by molar-refractivity contribution is 9.10. The zero-order valence-corrected chi connectivity index (χ0v) is 12.6. The third-order valence-electron chi connectivity index (χ3n) is 3.50. The average molecular weight is 312 g/mol. The second-order valence-corrected chi connectivity index (χ2v) is 6.11. The number of piperazine rings is 1. The highest BCUT2D eigenvalue weighted by Gasteiger charge is 2.16. The van der Waals surface area contributed by atoms with Gasteiger partial charge in [0.1, 0.15) is 0 Å². The Morgan fingerprint density at radius 3 is 2.39 bits per heavy atom. The Balaban J connectivity index is 1.78. The number of rotatable bonds is 4. The molecule has 100 valence electrons. The van der Waals surface area contributed by atoms with Crippen LogP contribution >= 0.6 is 15.9 Å². The molecule has 1 unspecified atom stereocenters. The van der Waals surface area contributed by atoms with Crippen molar-refractivity contribution in [3.05, 3.63) is 34.3 Å². The van der Waals surface area contributed by atoms with Crippen molar-refractivity contribution in [1.29, 1.82) is 0 Å². The predicted octanol–water partition coefficient (Wildman–Crippen LogP) is 1.57. The monoisotopic (exact) mass is 311 g/mol. The largest absolute Gasteiger partial charge is 0.326 e. The first-order valence-electron chi connectivity index (χ1n) is 6.54. The molecule has 4 heteroatoms. The lowest BCUT2D eigenvalue weighted by Crippen LogP contribution is -2.49. The maximum Gasteiger partial charge on any atom is 0.0208 e. The number of benzene rings is 1. The van der Waals surface area contributed by atoms with E-state index in [1.54, 1.807) is 0 Å². The van der Waals surface area contributed by atoms with Crippen molar-refractivity contribution >= 4 is 15.9 Å². The van der Waals surface area contributed by atoms with Gasteiger partial charge in [0.2, 0.25) is 0 Å². The van der Waals surface area contributed by atoms with Crippen LogP contribution in [-0.4, -0.2) is 55.6 Å². The molecular formula is C14H22BrN3. The molecule has 18 heavy (non-hydrogen) atoms. The highest BCUT2D eigenvalue weighted by Crippen LogP contribution is 2.12. The molecule has 1 aliphatic rings. The van der Waals surface area contributed by atoms with Gasteiger partial charge in [-0.1, -0.05) is 28.1 Å². The lowest BCUT2D eigenvalue weighted by molar-refractivity contribution is 0.147. The molecule has 3 nitrogen and oxygen atoms in total. The zero-order valence-electron chi connectivity index (χ0n) is 11.0. The molecule has 0 bridgehead atoms. The highest BCUT2D eigenvalue weighted by atomic mass is 79.9. The van der Waals surface area contributed by atoms with Gasteiger partial charge in [0.25, 0.3) is 0 Å². The molecule has 1 aromatic rings. The van der Waals surface area contributed by atoms with Crippen LogP contribution in [0.2, 0.25) is 0 Å². The summed E-state index contributed by atoms with van der Waals surface area (Å²) in [4.78, 5) is 4.85. The first-order valence-corrected chi connectivity index (χ1v) is 7.34. The topological polar surface area (TPSA) is 32.5 Å². The Hall–Kier alpha value is -0.420. The summed E-state index contributed by atoms with van der Waals surface area (Å²) >= 11 is 3.45. The summed E-state index contributed by atoms with van der Waals surface area (Å²) < 4.78 is 1.12. The van der Waals surface area contributed by atoms with Crippen LogP contribution in [0.15, 0.2) is 28.7 Å². The Labute approximate surface area is 118 Å². The molecule has 1 saturated heterocycles. The van der Waals surface area contributed by atoms with Gasteiger partial charge >= 0.3 is 0 Å². The zero-order chi connectivity index (χ0) is 13.0. The van der Waals surface area contributed by atoms with E-state index in [4.69, 9.17) is 5.73 Å². The van der Waals surface area contributed by atoms with Crippen molar-refractivity contribution in [3.63, 3.8) is 0 Å². The van der Waals surface area contributed by atoms with E-state index in [9.17, 15) is 0 Å². The summed E-state index contributed by atoms with van der Waals surface area (Å²) in [6.07, 6.45) is 0.958. The number of hydrogen-bond acceptors (Lipinski definition) is 3. The second-order valence-electron chi connectivity index (χ2n) is 5.19. The molecule has 1 fully saturated rings. The van der Waals surface area contributed by atoms with Crippen LogP contribution in [0.4, 0.5) is 0 Å². The van der Waals surface area contributed by atoms with Crippen molar-refractivity contribution in [1.82, 2.24) is 9.80 Å². The molecule has 0 amide bonds. The Morgan fingerprint density at radius 1 is 1.17 bits per heavy atom. The van der Waals surface area contributed by atoms with E-state index in [1.807, 2.05) is 0 Å². The summed E-state index contributed by atoms with van der Waals surface area (Å²) in [6.45, 7) is 5.61. The van der Waals surface area contributed by atoms with Crippen LogP contribution in [0.25, 0.3) is 0 Å². The number of likely N-dealkylation sites (N-methyl/N-ethyl adjacent to an activating group) is 1. The molecule has 1 aromatic carbocycles. The van der Waals surface area contributed by atoms with Gasteiger partial charge < -0.3 is 10.6 Å². The fourth-order valence-corrected chi connectivity index (χ4v) is 2.61. The molecule has 1 aliphatic heterocycles. The Bertz CT molecular complexity index is 358. The van der Waals surface area contributed by atoms with E-state index in [2.05, 4.69) is 57.0 Å². The van der Waals surface area contributed by atoms with E-state index in [1.165, 1.54) is 5.56 Å². The molecule has 1 heterocycles. The summed E-state index contributed by atoms with van der Waals surface area (Å²) in [7, 11) is 2.18. The van der Waals surface area contributed by atoms with Gasteiger partial charge in [-0.25, -0.2) is 0 Å². The van der Waals surface area contributed by atoms with E-state index in [0.29, 0.717) is 0 Å². The van der Waals surface area contributed by atoms with Crippen LogP contribution < -0.4 is 5.73 Å². The Kier molecular flexibility index (Phi) is 5.18. The molecule has 0 aliphatic carbocycles. The van der Waals surface area contributed by atoms with Crippen molar-refractivity contribution in [2.75, 3.05) is 39.8 Å². The van der Waals surface area contributed by atoms with Gasteiger partial charge in [-0.15, -0.1) is 0 Å². The summed E-state index contributed by atoms with van der Waals surface area (Å²) in [5.74, 6) is 0. The van der Waals surface area contributed by atoms with Crippen LogP contribution in [0, 0.1) is 0 Å². The first kappa shape index (κ1) is 14.0. The molecule has 0 radical (unpaired) electrons.